The average Bonchev–Trinajstić information content (AvgIpc) is 2.38. The Morgan fingerprint density at radius 1 is 1.26 bits per heavy atom. The summed E-state index contributed by atoms with van der Waals surface area (Å²) in [6.45, 7) is 5.06. The molecule has 0 saturated carbocycles. The van der Waals surface area contributed by atoms with Gasteiger partial charge in [-0.15, -0.1) is 0 Å². The van der Waals surface area contributed by atoms with E-state index in [1.165, 1.54) is 12.1 Å². The van der Waals surface area contributed by atoms with Crippen LogP contribution in [0.15, 0.2) is 29.2 Å². The minimum absolute atomic E-state index is 0.0903. The summed E-state index contributed by atoms with van der Waals surface area (Å²) in [5.74, 6) is 0. The fourth-order valence-electron chi connectivity index (χ4n) is 1.47. The highest BCUT2D eigenvalue weighted by molar-refractivity contribution is 7.89. The molecule has 0 aromatic heterocycles. The lowest BCUT2D eigenvalue weighted by molar-refractivity contribution is 0.278. The Morgan fingerprint density at radius 2 is 1.84 bits per heavy atom. The molecule has 0 fully saturated rings. The average molecular weight is 286 g/mol. The number of hydrogen-bond donors (Lipinski definition) is 2. The van der Waals surface area contributed by atoms with Crippen LogP contribution in [-0.2, 0) is 16.6 Å². The molecular weight excluding hydrogens is 264 g/mol. The molecular formula is C13H22N2O3S. The number of sulfonamides is 1. The number of benzene rings is 1. The Kier molecular flexibility index (Phi) is 5.93. The van der Waals surface area contributed by atoms with E-state index in [9.17, 15) is 8.42 Å². The first kappa shape index (κ1) is 16.1. The molecule has 0 aliphatic carbocycles. The van der Waals surface area contributed by atoms with Gasteiger partial charge in [-0.25, -0.2) is 13.1 Å². The fraction of sp³-hybridized carbons (Fsp3) is 0.538. The van der Waals surface area contributed by atoms with Crippen molar-refractivity contribution in [1.82, 2.24) is 9.62 Å². The maximum Gasteiger partial charge on any atom is 0.240 e. The molecule has 0 spiro atoms. The van der Waals surface area contributed by atoms with Crippen LogP contribution < -0.4 is 4.72 Å². The van der Waals surface area contributed by atoms with Crippen molar-refractivity contribution in [3.05, 3.63) is 29.8 Å². The zero-order valence-corrected chi connectivity index (χ0v) is 12.4. The number of aliphatic hydroxyl groups excluding tert-OH is 1. The van der Waals surface area contributed by atoms with Crippen LogP contribution >= 0.6 is 0 Å². The Morgan fingerprint density at radius 3 is 2.32 bits per heavy atom. The minimum Gasteiger partial charge on any atom is -0.392 e. The molecule has 5 nitrogen and oxygen atoms in total. The smallest absolute Gasteiger partial charge is 0.240 e. The van der Waals surface area contributed by atoms with Crippen molar-refractivity contribution >= 4 is 10.0 Å². The van der Waals surface area contributed by atoms with Gasteiger partial charge >= 0.3 is 0 Å². The fourth-order valence-corrected chi connectivity index (χ4v) is 2.49. The summed E-state index contributed by atoms with van der Waals surface area (Å²) in [7, 11) is -1.51. The van der Waals surface area contributed by atoms with Gasteiger partial charge in [-0.3, -0.25) is 0 Å². The lowest BCUT2D eigenvalue weighted by Crippen LogP contribution is -2.36. The molecule has 0 bridgehead atoms. The van der Waals surface area contributed by atoms with Gasteiger partial charge < -0.3 is 10.0 Å². The quantitative estimate of drug-likeness (QED) is 0.778. The molecule has 0 radical (unpaired) electrons. The van der Waals surface area contributed by atoms with Crippen LogP contribution in [0.1, 0.15) is 19.4 Å². The number of nitrogens with one attached hydrogen (secondary N) is 1. The molecule has 0 amide bonds. The van der Waals surface area contributed by atoms with Crippen LogP contribution in [-0.4, -0.2) is 44.6 Å². The molecule has 108 valence electrons. The van der Waals surface area contributed by atoms with Crippen LogP contribution in [0.5, 0.6) is 0 Å². The minimum atomic E-state index is -3.46. The zero-order chi connectivity index (χ0) is 14.5. The monoisotopic (exact) mass is 286 g/mol. The van der Waals surface area contributed by atoms with E-state index >= 15 is 0 Å². The second kappa shape index (κ2) is 7.00. The Labute approximate surface area is 115 Å². The molecule has 6 heteroatoms. The molecule has 0 aliphatic rings. The number of nitrogens with zero attached hydrogens (tertiary/aromatic N) is 1. The van der Waals surface area contributed by atoms with Crippen LogP contribution in [0.4, 0.5) is 0 Å². The maximum absolute atomic E-state index is 12.0. The van der Waals surface area contributed by atoms with Gasteiger partial charge in [0.15, 0.2) is 0 Å². The summed E-state index contributed by atoms with van der Waals surface area (Å²) >= 11 is 0. The highest BCUT2D eigenvalue weighted by Gasteiger charge is 2.13. The van der Waals surface area contributed by atoms with Crippen molar-refractivity contribution in [3.63, 3.8) is 0 Å². The first-order valence-electron chi connectivity index (χ1n) is 6.26. The highest BCUT2D eigenvalue weighted by atomic mass is 32.2. The number of hydrogen-bond acceptors (Lipinski definition) is 4. The van der Waals surface area contributed by atoms with Crippen LogP contribution in [0.2, 0.25) is 0 Å². The molecule has 19 heavy (non-hydrogen) atoms. The second-order valence-corrected chi connectivity index (χ2v) is 6.54. The molecule has 0 heterocycles. The third kappa shape index (κ3) is 4.91. The molecule has 0 unspecified atom stereocenters. The third-order valence-electron chi connectivity index (χ3n) is 3.05. The molecule has 1 aromatic carbocycles. The molecule has 0 atom stereocenters. The van der Waals surface area contributed by atoms with Crippen molar-refractivity contribution < 1.29 is 13.5 Å². The van der Waals surface area contributed by atoms with Crippen molar-refractivity contribution in [2.24, 2.45) is 0 Å². The number of aliphatic hydroxyl groups is 1. The Bertz CT molecular complexity index is 483. The molecule has 0 aliphatic heterocycles. The van der Waals surface area contributed by atoms with Gasteiger partial charge in [-0.2, -0.15) is 0 Å². The summed E-state index contributed by atoms with van der Waals surface area (Å²) in [5.41, 5.74) is 0.693. The molecule has 1 aromatic rings. The summed E-state index contributed by atoms with van der Waals surface area (Å²) in [6.07, 6.45) is 0. The third-order valence-corrected chi connectivity index (χ3v) is 4.53. The Balaban J connectivity index is 2.60. The van der Waals surface area contributed by atoms with Gasteiger partial charge in [0.05, 0.1) is 11.5 Å². The van der Waals surface area contributed by atoms with Crippen LogP contribution in [0.3, 0.4) is 0 Å². The lowest BCUT2D eigenvalue weighted by Gasteiger charge is -2.20. The molecule has 2 N–H and O–H groups in total. The maximum atomic E-state index is 12.0. The second-order valence-electron chi connectivity index (χ2n) is 4.77. The predicted molar refractivity (Wildman–Crippen MR) is 75.3 cm³/mol. The van der Waals surface area contributed by atoms with E-state index < -0.39 is 10.0 Å². The normalized spacial score (nSPS) is 12.3. The van der Waals surface area contributed by atoms with E-state index in [0.717, 1.165) is 0 Å². The zero-order valence-electron chi connectivity index (χ0n) is 11.6. The van der Waals surface area contributed by atoms with Crippen molar-refractivity contribution in [1.29, 1.82) is 0 Å². The lowest BCUT2D eigenvalue weighted by atomic mass is 10.2. The summed E-state index contributed by atoms with van der Waals surface area (Å²) in [4.78, 5) is 2.29. The van der Waals surface area contributed by atoms with E-state index in [1.54, 1.807) is 12.1 Å². The summed E-state index contributed by atoms with van der Waals surface area (Å²) < 4.78 is 26.5. The van der Waals surface area contributed by atoms with Gasteiger partial charge in [0, 0.05) is 19.1 Å². The number of likely N-dealkylation sites (N-methyl/N-ethyl adjacent to an activating group) is 1. The SMILES string of the molecule is CC(C)N(C)CCNS(=O)(=O)c1ccc(CO)cc1. The van der Waals surface area contributed by atoms with Crippen LogP contribution in [0, 0.1) is 0 Å². The largest absolute Gasteiger partial charge is 0.392 e. The number of rotatable bonds is 7. The van der Waals surface area contributed by atoms with E-state index in [4.69, 9.17) is 5.11 Å². The highest BCUT2D eigenvalue weighted by Crippen LogP contribution is 2.10. The van der Waals surface area contributed by atoms with E-state index in [1.807, 2.05) is 7.05 Å². The first-order valence-corrected chi connectivity index (χ1v) is 7.75. The molecule has 0 saturated heterocycles. The predicted octanol–water partition coefficient (Wildman–Crippen LogP) is 0.797. The van der Waals surface area contributed by atoms with Gasteiger partial charge in [0.25, 0.3) is 0 Å². The molecule has 1 rings (SSSR count). The van der Waals surface area contributed by atoms with Crippen molar-refractivity contribution in [3.8, 4) is 0 Å². The summed E-state index contributed by atoms with van der Waals surface area (Å²) in [5, 5.41) is 8.92. The standard InChI is InChI=1S/C13H22N2O3S/c1-11(2)15(3)9-8-14-19(17,18)13-6-4-12(10-16)5-7-13/h4-7,11,14,16H,8-10H2,1-3H3. The first-order chi connectivity index (χ1) is 8.86. The summed E-state index contributed by atoms with van der Waals surface area (Å²) in [6, 6.07) is 6.59. The van der Waals surface area contributed by atoms with Crippen molar-refractivity contribution in [2.45, 2.75) is 31.4 Å². The topological polar surface area (TPSA) is 69.6 Å². The van der Waals surface area contributed by atoms with Crippen molar-refractivity contribution in [2.75, 3.05) is 20.1 Å². The van der Waals surface area contributed by atoms with Crippen LogP contribution in [0.25, 0.3) is 0 Å². The van der Waals surface area contributed by atoms with E-state index in [0.29, 0.717) is 24.7 Å². The van der Waals surface area contributed by atoms with Gasteiger partial charge in [0.2, 0.25) is 10.0 Å². The Hall–Kier alpha value is -0.950. The van der Waals surface area contributed by atoms with E-state index in [2.05, 4.69) is 23.5 Å². The van der Waals surface area contributed by atoms with Gasteiger partial charge in [-0.05, 0) is 38.6 Å². The van der Waals surface area contributed by atoms with Gasteiger partial charge in [0.1, 0.15) is 0 Å². The van der Waals surface area contributed by atoms with E-state index in [-0.39, 0.29) is 11.5 Å². The van der Waals surface area contributed by atoms with Gasteiger partial charge in [-0.1, -0.05) is 12.1 Å².